The summed E-state index contributed by atoms with van der Waals surface area (Å²) >= 11 is 5.93. The molecule has 3 aromatic carbocycles. The number of para-hydroxylation sites is 1. The quantitative estimate of drug-likeness (QED) is 0.467. The molecule has 2 fully saturated rings. The number of imide groups is 1. The van der Waals surface area contributed by atoms with Gasteiger partial charge in [-0.05, 0) is 54.1 Å². The first-order valence-electron chi connectivity index (χ1n) is 10.2. The Labute approximate surface area is 197 Å². The van der Waals surface area contributed by atoms with Crippen molar-refractivity contribution >= 4 is 34.8 Å². The number of hydroxylamine groups is 1. The molecule has 0 N–H and O–H groups in total. The van der Waals surface area contributed by atoms with E-state index >= 15 is 0 Å². The number of anilines is 2. The highest BCUT2D eigenvalue weighted by Crippen LogP contribution is 2.47. The smallest absolute Gasteiger partial charge is 0.406 e. The summed E-state index contributed by atoms with van der Waals surface area (Å²) in [4.78, 5) is 33.8. The number of nitrogens with zero attached hydrogens (tertiary/aromatic N) is 2. The molecule has 5 rings (SSSR count). The predicted octanol–water partition coefficient (Wildman–Crippen LogP) is 5.29. The van der Waals surface area contributed by atoms with Gasteiger partial charge in [0.15, 0.2) is 6.10 Å². The van der Waals surface area contributed by atoms with Crippen molar-refractivity contribution in [3.63, 3.8) is 0 Å². The highest BCUT2D eigenvalue weighted by molar-refractivity contribution is 6.31. The Balaban J connectivity index is 1.53. The van der Waals surface area contributed by atoms with Gasteiger partial charge in [0, 0.05) is 5.02 Å². The summed E-state index contributed by atoms with van der Waals surface area (Å²) in [6.45, 7) is 0. The van der Waals surface area contributed by atoms with Crippen molar-refractivity contribution in [2.45, 2.75) is 18.5 Å². The largest absolute Gasteiger partial charge is 0.573 e. The maximum atomic E-state index is 13.5. The summed E-state index contributed by atoms with van der Waals surface area (Å²) < 4.78 is 41.7. The summed E-state index contributed by atoms with van der Waals surface area (Å²) in [5.41, 5.74) is 1.44. The Kier molecular flexibility index (Phi) is 5.45. The maximum absolute atomic E-state index is 13.5. The second-order valence-electron chi connectivity index (χ2n) is 7.76. The molecule has 0 bridgehead atoms. The molecule has 2 heterocycles. The van der Waals surface area contributed by atoms with Crippen LogP contribution in [0.15, 0.2) is 78.9 Å². The third kappa shape index (κ3) is 3.97. The fraction of sp³-hybridized carbons (Fsp3) is 0.167. The Hall–Kier alpha value is -3.56. The van der Waals surface area contributed by atoms with E-state index in [9.17, 15) is 22.8 Å². The first kappa shape index (κ1) is 22.2. The number of fused-ring (bicyclic) bond motifs is 1. The standard InChI is InChI=1S/C24H16ClF3N2O4/c25-15-8-10-16(11-9-15)29-22(31)19-20(14-6-12-18(13-7-14)33-24(26,27)28)30(34-21(19)23(29)32)17-4-2-1-3-5-17/h1-13,19-21H/t19-,20+,21+/m0/s1. The zero-order chi connectivity index (χ0) is 24.0. The van der Waals surface area contributed by atoms with Gasteiger partial charge in [-0.1, -0.05) is 41.9 Å². The summed E-state index contributed by atoms with van der Waals surface area (Å²) in [5, 5.41) is 1.91. The molecule has 2 aliphatic rings. The van der Waals surface area contributed by atoms with Crippen molar-refractivity contribution in [3.8, 4) is 5.75 Å². The van der Waals surface area contributed by atoms with Crippen molar-refractivity contribution in [2.75, 3.05) is 9.96 Å². The number of rotatable bonds is 4. The Morgan fingerprint density at radius 3 is 2.09 bits per heavy atom. The van der Waals surface area contributed by atoms with E-state index < -0.39 is 42.0 Å². The monoisotopic (exact) mass is 488 g/mol. The van der Waals surface area contributed by atoms with Gasteiger partial charge in [0.25, 0.3) is 5.91 Å². The molecular weight excluding hydrogens is 473 g/mol. The molecular formula is C24H16ClF3N2O4. The van der Waals surface area contributed by atoms with Gasteiger partial charge in [0.1, 0.15) is 11.7 Å². The highest BCUT2D eigenvalue weighted by Gasteiger charge is 2.60. The second kappa shape index (κ2) is 8.34. The molecule has 34 heavy (non-hydrogen) atoms. The molecule has 3 atom stereocenters. The van der Waals surface area contributed by atoms with E-state index in [2.05, 4.69) is 4.74 Å². The van der Waals surface area contributed by atoms with Crippen LogP contribution in [-0.4, -0.2) is 24.3 Å². The van der Waals surface area contributed by atoms with Gasteiger partial charge in [-0.15, -0.1) is 13.2 Å². The lowest BCUT2D eigenvalue weighted by Gasteiger charge is -2.28. The van der Waals surface area contributed by atoms with Gasteiger partial charge in [-0.2, -0.15) is 0 Å². The van der Waals surface area contributed by atoms with Crippen molar-refractivity contribution in [3.05, 3.63) is 89.4 Å². The lowest BCUT2D eigenvalue weighted by Crippen LogP contribution is -2.37. The molecule has 0 unspecified atom stereocenters. The third-order valence-electron chi connectivity index (χ3n) is 5.67. The van der Waals surface area contributed by atoms with Crippen molar-refractivity contribution in [1.29, 1.82) is 0 Å². The number of carbonyl (C=O) groups is 2. The number of alkyl halides is 3. The Morgan fingerprint density at radius 1 is 0.824 bits per heavy atom. The molecule has 0 spiro atoms. The van der Waals surface area contributed by atoms with Crippen LogP contribution >= 0.6 is 11.6 Å². The molecule has 2 saturated heterocycles. The third-order valence-corrected chi connectivity index (χ3v) is 5.92. The Morgan fingerprint density at radius 2 is 1.47 bits per heavy atom. The molecule has 0 aromatic heterocycles. The van der Waals surface area contributed by atoms with Crippen LogP contribution in [0.25, 0.3) is 0 Å². The number of hydrogen-bond donors (Lipinski definition) is 0. The maximum Gasteiger partial charge on any atom is 0.573 e. The fourth-order valence-electron chi connectivity index (χ4n) is 4.26. The molecule has 6 nitrogen and oxygen atoms in total. The minimum atomic E-state index is -4.83. The number of ether oxygens (including phenoxy) is 1. The summed E-state index contributed by atoms with van der Waals surface area (Å²) in [5.74, 6) is -2.32. The molecule has 0 radical (unpaired) electrons. The van der Waals surface area contributed by atoms with E-state index in [1.54, 1.807) is 54.6 Å². The van der Waals surface area contributed by atoms with Crippen LogP contribution in [0, 0.1) is 5.92 Å². The van der Waals surface area contributed by atoms with Crippen LogP contribution in [0.2, 0.25) is 5.02 Å². The molecule has 10 heteroatoms. The SMILES string of the molecule is O=C1[C@H]2[C@@H](c3ccc(OC(F)(F)F)cc3)N(c3ccccc3)O[C@H]2C(=O)N1c1ccc(Cl)cc1. The fourth-order valence-corrected chi connectivity index (χ4v) is 4.39. The van der Waals surface area contributed by atoms with Crippen LogP contribution in [0.1, 0.15) is 11.6 Å². The van der Waals surface area contributed by atoms with E-state index in [1.165, 1.54) is 17.2 Å². The van der Waals surface area contributed by atoms with E-state index in [4.69, 9.17) is 16.4 Å². The number of benzene rings is 3. The average molecular weight is 489 g/mol. The number of halogens is 4. The summed E-state index contributed by atoms with van der Waals surface area (Å²) in [6, 6.07) is 19.5. The highest BCUT2D eigenvalue weighted by atomic mass is 35.5. The lowest BCUT2D eigenvalue weighted by molar-refractivity contribution is -0.274. The number of amides is 2. The van der Waals surface area contributed by atoms with E-state index in [0.717, 1.165) is 17.0 Å². The van der Waals surface area contributed by atoms with Crippen LogP contribution in [0.4, 0.5) is 24.5 Å². The van der Waals surface area contributed by atoms with Crippen LogP contribution < -0.4 is 14.7 Å². The Bertz CT molecular complexity index is 1220. The minimum Gasteiger partial charge on any atom is -0.406 e. The van der Waals surface area contributed by atoms with Crippen molar-refractivity contribution in [1.82, 2.24) is 0 Å². The van der Waals surface area contributed by atoms with Gasteiger partial charge in [0.05, 0.1) is 17.4 Å². The first-order valence-corrected chi connectivity index (χ1v) is 10.6. The molecule has 0 saturated carbocycles. The second-order valence-corrected chi connectivity index (χ2v) is 8.20. The van der Waals surface area contributed by atoms with Crippen LogP contribution in [0.5, 0.6) is 5.75 Å². The first-order chi connectivity index (χ1) is 16.2. The lowest BCUT2D eigenvalue weighted by atomic mass is 9.90. The van der Waals surface area contributed by atoms with Crippen molar-refractivity contribution in [2.24, 2.45) is 5.92 Å². The van der Waals surface area contributed by atoms with Gasteiger partial charge < -0.3 is 4.74 Å². The zero-order valence-corrected chi connectivity index (χ0v) is 18.0. The van der Waals surface area contributed by atoms with Gasteiger partial charge >= 0.3 is 6.36 Å². The summed E-state index contributed by atoms with van der Waals surface area (Å²) in [6.07, 6.45) is -5.93. The molecule has 0 aliphatic carbocycles. The summed E-state index contributed by atoms with van der Waals surface area (Å²) in [7, 11) is 0. The predicted molar refractivity (Wildman–Crippen MR) is 117 cm³/mol. The average Bonchev–Trinajstić information content (AvgIpc) is 3.31. The normalized spacial score (nSPS) is 22.3. The van der Waals surface area contributed by atoms with Crippen LogP contribution in [-0.2, 0) is 14.4 Å². The molecule has 2 aliphatic heterocycles. The number of hydrogen-bond acceptors (Lipinski definition) is 5. The zero-order valence-electron chi connectivity index (χ0n) is 17.3. The minimum absolute atomic E-state index is 0.358. The van der Waals surface area contributed by atoms with Gasteiger partial charge in [-0.3, -0.25) is 14.4 Å². The van der Waals surface area contributed by atoms with E-state index in [-0.39, 0.29) is 0 Å². The van der Waals surface area contributed by atoms with Crippen LogP contribution in [0.3, 0.4) is 0 Å². The van der Waals surface area contributed by atoms with Gasteiger partial charge in [0.2, 0.25) is 5.91 Å². The van der Waals surface area contributed by atoms with Gasteiger partial charge in [-0.25, -0.2) is 9.96 Å². The van der Waals surface area contributed by atoms with E-state index in [1.807, 2.05) is 0 Å². The topological polar surface area (TPSA) is 59.1 Å². The number of carbonyl (C=O) groups excluding carboxylic acids is 2. The van der Waals surface area contributed by atoms with Crippen molar-refractivity contribution < 1.29 is 32.3 Å². The van der Waals surface area contributed by atoms with E-state index in [0.29, 0.717) is 22.0 Å². The molecule has 3 aromatic rings. The molecule has 2 amide bonds. The molecule has 174 valence electrons.